The first-order valence-corrected chi connectivity index (χ1v) is 15.3. The zero-order valence-corrected chi connectivity index (χ0v) is 18.2. The first kappa shape index (κ1) is 22.5. The molecule has 0 saturated heterocycles. The molecule has 0 radical (unpaired) electrons. The molecule has 0 atom stereocenters. The summed E-state index contributed by atoms with van der Waals surface area (Å²) in [6.07, 6.45) is 12.0. The Hall–Kier alpha value is -0.526. The maximum atomic E-state index is 6.61. The van der Waals surface area contributed by atoms with Gasteiger partial charge < -0.3 is 13.6 Å². The van der Waals surface area contributed by atoms with E-state index >= 15 is 0 Å². The number of hydrogen-bond acceptors (Lipinski definition) is 3. The molecule has 0 aromatic rings. The van der Waals surface area contributed by atoms with E-state index in [1.54, 1.807) is 0 Å². The summed E-state index contributed by atoms with van der Waals surface area (Å²) in [6.45, 7) is 15.2. The molecule has 0 aliphatic heterocycles. The van der Waals surface area contributed by atoms with Gasteiger partial charge in [-0.05, 0) is 64.0 Å². The lowest BCUT2D eigenvalue weighted by atomic mass is 10.5. The Bertz CT molecular complexity index is 307. The van der Waals surface area contributed by atoms with Crippen molar-refractivity contribution < 1.29 is 13.6 Å². The van der Waals surface area contributed by atoms with Crippen molar-refractivity contribution >= 4 is 16.6 Å². The van der Waals surface area contributed by atoms with Crippen LogP contribution in [-0.4, -0.2) is 29.8 Å². The Morgan fingerprint density at radius 3 is 1.43 bits per heavy atom. The van der Waals surface area contributed by atoms with Crippen LogP contribution in [0.25, 0.3) is 0 Å². The average molecular weight is 359 g/mol. The molecule has 0 bridgehead atoms. The lowest BCUT2D eigenvalue weighted by Crippen LogP contribution is -2.44. The van der Waals surface area contributed by atoms with E-state index in [1.165, 1.54) is 12.1 Å². The molecule has 0 aromatic heterocycles. The Balaban J connectivity index is 3.94. The predicted molar refractivity (Wildman–Crippen MR) is 106 cm³/mol. The van der Waals surface area contributed by atoms with E-state index in [0.717, 1.165) is 38.9 Å². The number of rotatable bonds is 14. The van der Waals surface area contributed by atoms with Crippen LogP contribution in [0.2, 0.25) is 38.3 Å². The van der Waals surface area contributed by atoms with E-state index in [-0.39, 0.29) is 0 Å². The predicted octanol–water partition coefficient (Wildman–Crippen LogP) is 6.07. The largest absolute Gasteiger partial charge is 0.502 e. The molecule has 0 rings (SSSR count). The summed E-state index contributed by atoms with van der Waals surface area (Å²) in [5, 5.41) is 0. The van der Waals surface area contributed by atoms with Crippen molar-refractivity contribution in [1.29, 1.82) is 0 Å². The molecule has 5 heteroatoms. The fraction of sp³-hybridized carbons (Fsp3) is 0.778. The lowest BCUT2D eigenvalue weighted by molar-refractivity contribution is 0.246. The summed E-state index contributed by atoms with van der Waals surface area (Å²) < 4.78 is 17.6. The number of allylic oxidation sites excluding steroid dienone is 2. The summed E-state index contributed by atoms with van der Waals surface area (Å²) in [5.41, 5.74) is 0. The minimum atomic E-state index is -1.59. The van der Waals surface area contributed by atoms with Gasteiger partial charge in [-0.3, -0.25) is 0 Å². The van der Waals surface area contributed by atoms with Gasteiger partial charge in [0.25, 0.3) is 0 Å². The van der Waals surface area contributed by atoms with Gasteiger partial charge in [0.15, 0.2) is 16.6 Å². The van der Waals surface area contributed by atoms with Crippen molar-refractivity contribution in [1.82, 2.24) is 0 Å². The van der Waals surface area contributed by atoms with Gasteiger partial charge in [-0.1, -0.05) is 26.0 Å². The van der Waals surface area contributed by atoms with Gasteiger partial charge in [-0.2, -0.15) is 0 Å². The third-order valence-electron chi connectivity index (χ3n) is 3.49. The van der Waals surface area contributed by atoms with Gasteiger partial charge in [-0.25, -0.2) is 0 Å². The molecule has 0 amide bonds. The van der Waals surface area contributed by atoms with Crippen LogP contribution in [0.15, 0.2) is 24.7 Å². The highest BCUT2D eigenvalue weighted by molar-refractivity contribution is 6.84. The van der Waals surface area contributed by atoms with Crippen LogP contribution in [0.5, 0.6) is 0 Å². The van der Waals surface area contributed by atoms with E-state index in [0.29, 0.717) is 0 Å². The van der Waals surface area contributed by atoms with Crippen LogP contribution >= 0.6 is 0 Å². The molecule has 0 unspecified atom stereocenters. The molecule has 0 N–H and O–H groups in total. The molecule has 0 aliphatic carbocycles. The molecule has 0 aliphatic rings. The van der Waals surface area contributed by atoms with Gasteiger partial charge in [0.2, 0.25) is 0 Å². The second-order valence-electron chi connectivity index (χ2n) is 7.13. The molecule has 23 heavy (non-hydrogen) atoms. The fourth-order valence-electron chi connectivity index (χ4n) is 2.48. The minimum Gasteiger partial charge on any atom is -0.502 e. The minimum absolute atomic E-state index is 0.801. The summed E-state index contributed by atoms with van der Waals surface area (Å²) >= 11 is 0. The summed E-state index contributed by atoms with van der Waals surface area (Å²) in [7, 11) is -3.17. The first-order chi connectivity index (χ1) is 10.8. The third kappa shape index (κ3) is 14.8. The standard InChI is InChI=1S/C18H38O3Si2/c1-7-9-13-19-15-11-17-22(3,4)21-23(5,6)18-12-16-20-14-10-8-2/h9-10,13-14H,7-8,11-12,15-18H2,1-6H3. The van der Waals surface area contributed by atoms with E-state index < -0.39 is 16.6 Å². The Kier molecular flexibility index (Phi) is 12.5. The van der Waals surface area contributed by atoms with E-state index in [4.69, 9.17) is 13.6 Å². The fourth-order valence-corrected chi connectivity index (χ4v) is 11.3. The van der Waals surface area contributed by atoms with Crippen molar-refractivity contribution in [3.05, 3.63) is 24.7 Å². The molecule has 0 spiro atoms. The second-order valence-corrected chi connectivity index (χ2v) is 16.0. The van der Waals surface area contributed by atoms with Gasteiger partial charge in [-0.15, -0.1) is 0 Å². The summed E-state index contributed by atoms with van der Waals surface area (Å²) in [4.78, 5) is 0. The molecule has 0 aromatic carbocycles. The average Bonchev–Trinajstić information content (AvgIpc) is 2.45. The van der Waals surface area contributed by atoms with Crippen LogP contribution in [0, 0.1) is 0 Å². The topological polar surface area (TPSA) is 27.7 Å². The molecule has 0 fully saturated rings. The van der Waals surface area contributed by atoms with E-state index in [1.807, 2.05) is 24.7 Å². The van der Waals surface area contributed by atoms with Crippen LogP contribution in [0.1, 0.15) is 39.5 Å². The highest BCUT2D eigenvalue weighted by atomic mass is 28.4. The monoisotopic (exact) mass is 358 g/mol. The van der Waals surface area contributed by atoms with Gasteiger partial charge in [0.05, 0.1) is 25.7 Å². The molecule has 136 valence electrons. The Labute approximate surface area is 146 Å². The highest BCUT2D eigenvalue weighted by Crippen LogP contribution is 2.23. The molecular formula is C18H38O3Si2. The van der Waals surface area contributed by atoms with E-state index in [2.05, 4.69) is 40.0 Å². The zero-order valence-electron chi connectivity index (χ0n) is 16.2. The van der Waals surface area contributed by atoms with Crippen molar-refractivity contribution in [2.75, 3.05) is 13.2 Å². The van der Waals surface area contributed by atoms with Crippen LogP contribution in [0.4, 0.5) is 0 Å². The maximum Gasteiger partial charge on any atom is 0.173 e. The zero-order chi connectivity index (χ0) is 17.6. The number of hydrogen-bond donors (Lipinski definition) is 0. The normalized spacial score (nSPS) is 13.1. The SMILES string of the molecule is CCC=COCCC[Si](C)(C)O[Si](C)(C)CCCOC=CCC. The number of ether oxygens (including phenoxy) is 2. The lowest BCUT2D eigenvalue weighted by Gasteiger charge is -2.34. The molecule has 0 heterocycles. The maximum absolute atomic E-state index is 6.61. The van der Waals surface area contributed by atoms with Crippen molar-refractivity contribution in [2.45, 2.75) is 77.8 Å². The van der Waals surface area contributed by atoms with Crippen LogP contribution < -0.4 is 0 Å². The van der Waals surface area contributed by atoms with Gasteiger partial charge >= 0.3 is 0 Å². The third-order valence-corrected chi connectivity index (χ3v) is 11.0. The molecular weight excluding hydrogens is 320 g/mol. The highest BCUT2D eigenvalue weighted by Gasteiger charge is 2.32. The van der Waals surface area contributed by atoms with E-state index in [9.17, 15) is 0 Å². The Morgan fingerprint density at radius 1 is 0.696 bits per heavy atom. The van der Waals surface area contributed by atoms with Crippen molar-refractivity contribution in [3.8, 4) is 0 Å². The van der Waals surface area contributed by atoms with Gasteiger partial charge in [0, 0.05) is 0 Å². The second kappa shape index (κ2) is 12.8. The van der Waals surface area contributed by atoms with Crippen molar-refractivity contribution in [3.63, 3.8) is 0 Å². The van der Waals surface area contributed by atoms with Crippen LogP contribution in [-0.2, 0) is 13.6 Å². The van der Waals surface area contributed by atoms with Crippen LogP contribution in [0.3, 0.4) is 0 Å². The summed E-state index contributed by atoms with van der Waals surface area (Å²) in [5.74, 6) is 0. The first-order valence-electron chi connectivity index (χ1n) is 9.06. The van der Waals surface area contributed by atoms with Crippen molar-refractivity contribution in [2.24, 2.45) is 0 Å². The smallest absolute Gasteiger partial charge is 0.173 e. The Morgan fingerprint density at radius 2 is 1.09 bits per heavy atom. The molecule has 0 saturated carbocycles. The summed E-state index contributed by atoms with van der Waals surface area (Å²) in [6, 6.07) is 2.33. The quantitative estimate of drug-likeness (QED) is 0.214. The van der Waals surface area contributed by atoms with Gasteiger partial charge in [0.1, 0.15) is 0 Å². The molecule has 3 nitrogen and oxygen atoms in total.